The summed E-state index contributed by atoms with van der Waals surface area (Å²) in [6.07, 6.45) is 5.36. The number of nitrogens with zero attached hydrogens (tertiary/aromatic N) is 5. The molecule has 4 atom stereocenters. The molecule has 11 rings (SSSR count). The lowest BCUT2D eigenvalue weighted by molar-refractivity contribution is -0.105. The third-order valence-corrected chi connectivity index (χ3v) is 13.2. The van der Waals surface area contributed by atoms with E-state index in [2.05, 4.69) is 14.9 Å². The number of amidine groups is 1. The van der Waals surface area contributed by atoms with Gasteiger partial charge >= 0.3 is 5.82 Å². The van der Waals surface area contributed by atoms with Crippen molar-refractivity contribution in [3.05, 3.63) is 104 Å². The van der Waals surface area contributed by atoms with E-state index in [0.717, 1.165) is 43.5 Å². The minimum Gasteiger partial charge on any atom is -0.508 e. The Kier molecular flexibility index (Phi) is 8.34. The van der Waals surface area contributed by atoms with Gasteiger partial charge in [-0.3, -0.25) is 14.8 Å². The number of aromatic hydroxyl groups is 1. The summed E-state index contributed by atoms with van der Waals surface area (Å²) in [7, 11) is 0. The van der Waals surface area contributed by atoms with Crippen LogP contribution in [0.1, 0.15) is 80.9 Å². The van der Waals surface area contributed by atoms with E-state index in [1.165, 1.54) is 30.3 Å². The highest BCUT2D eigenvalue weighted by Gasteiger charge is 2.53. The van der Waals surface area contributed by atoms with Crippen molar-refractivity contribution in [2.45, 2.75) is 95.9 Å². The first-order valence-corrected chi connectivity index (χ1v) is 19.7. The van der Waals surface area contributed by atoms with Crippen LogP contribution in [0.2, 0.25) is 0 Å². The molecule has 1 N–H and O–H groups in total. The summed E-state index contributed by atoms with van der Waals surface area (Å²) in [4.78, 5) is 20.8. The molecule has 8 aliphatic rings. The maximum Gasteiger partial charge on any atom is 0.519 e. The summed E-state index contributed by atoms with van der Waals surface area (Å²) in [6, 6.07) is 5.59. The minimum absolute atomic E-state index is 0.0145. The Labute approximate surface area is 320 Å². The van der Waals surface area contributed by atoms with E-state index < -0.39 is 40.6 Å². The van der Waals surface area contributed by atoms with Crippen LogP contribution in [0.5, 0.6) is 5.75 Å². The highest BCUT2D eigenvalue weighted by Crippen LogP contribution is 2.52. The second-order valence-corrected chi connectivity index (χ2v) is 16.2. The quantitative estimate of drug-likeness (QED) is 0.240. The van der Waals surface area contributed by atoms with Gasteiger partial charge in [-0.25, -0.2) is 32.4 Å². The van der Waals surface area contributed by atoms with E-state index in [-0.39, 0.29) is 66.5 Å². The third kappa shape index (κ3) is 5.34. The predicted molar refractivity (Wildman–Crippen MR) is 199 cm³/mol. The fourth-order valence-corrected chi connectivity index (χ4v) is 10.8. The zero-order valence-corrected chi connectivity index (χ0v) is 31.3. The number of allylic oxidation sites excluding steroid dienone is 6. The highest BCUT2D eigenvalue weighted by molar-refractivity contribution is 6.05. The van der Waals surface area contributed by atoms with Crippen LogP contribution in [0, 0.1) is 18.7 Å². The van der Waals surface area contributed by atoms with Crippen LogP contribution >= 0.6 is 0 Å². The number of aryl methyl sites for hydroxylation is 2. The van der Waals surface area contributed by atoms with Gasteiger partial charge in [-0.05, 0) is 105 Å². The molecule has 294 valence electrons. The molecular formula is C42H43F4N5O5. The monoisotopic (exact) mass is 773 g/mol. The lowest BCUT2D eigenvalue weighted by Crippen LogP contribution is -2.62. The third-order valence-electron chi connectivity index (χ3n) is 13.2. The smallest absolute Gasteiger partial charge is 0.508 e. The SMILES string of the molecule is CCc1c(F)ccc2cc(O)cc(C3=C(F)C=C(OC[C@@]45CCCN4C[C@H](F)C5)N4C5=NCN6C7=C5[C@@H](CCCC4=C3F)[C@H](CC7)N6Cc3oc(=O)oc3C)c12. The first-order chi connectivity index (χ1) is 27.0. The zero-order chi connectivity index (χ0) is 38.6. The first kappa shape index (κ1) is 35.6. The summed E-state index contributed by atoms with van der Waals surface area (Å²) in [6.45, 7) is 5.11. The number of aliphatic imine (C=N–C) groups is 1. The van der Waals surface area contributed by atoms with Crippen molar-refractivity contribution in [2.24, 2.45) is 10.9 Å². The number of halogens is 4. The van der Waals surface area contributed by atoms with Crippen molar-refractivity contribution in [2.75, 3.05) is 26.4 Å². The number of hydrazine groups is 1. The fraction of sp³-hybridized carbons (Fsp3) is 0.476. The van der Waals surface area contributed by atoms with Crippen molar-refractivity contribution in [3.8, 4) is 5.75 Å². The van der Waals surface area contributed by atoms with E-state index in [1.807, 2.05) is 0 Å². The van der Waals surface area contributed by atoms with Crippen molar-refractivity contribution in [3.63, 3.8) is 0 Å². The second-order valence-electron chi connectivity index (χ2n) is 16.2. The van der Waals surface area contributed by atoms with Gasteiger partial charge < -0.3 is 18.7 Å². The first-order valence-electron chi connectivity index (χ1n) is 19.7. The average molecular weight is 774 g/mol. The maximum atomic E-state index is 17.8. The van der Waals surface area contributed by atoms with Crippen molar-refractivity contribution in [1.82, 2.24) is 19.8 Å². The van der Waals surface area contributed by atoms with Gasteiger partial charge in [0.1, 0.15) is 48.4 Å². The molecule has 0 unspecified atom stereocenters. The Morgan fingerprint density at radius 1 is 1.09 bits per heavy atom. The molecule has 0 amide bonds. The molecule has 8 heterocycles. The van der Waals surface area contributed by atoms with Gasteiger partial charge in [0.2, 0.25) is 5.88 Å². The van der Waals surface area contributed by atoms with Crippen LogP contribution in [-0.2, 0) is 17.7 Å². The van der Waals surface area contributed by atoms with Gasteiger partial charge in [-0.2, -0.15) is 0 Å². The lowest BCUT2D eigenvalue weighted by Gasteiger charge is -2.57. The maximum absolute atomic E-state index is 17.8. The Morgan fingerprint density at radius 2 is 1.95 bits per heavy atom. The molecule has 1 aromatic heterocycles. The Bertz CT molecular complexity index is 2400. The molecule has 1 aliphatic carbocycles. The van der Waals surface area contributed by atoms with Crippen molar-refractivity contribution in [1.29, 1.82) is 0 Å². The number of phenols is 1. The predicted octanol–water partition coefficient (Wildman–Crippen LogP) is 8.03. The van der Waals surface area contributed by atoms with Crippen LogP contribution < -0.4 is 5.82 Å². The largest absolute Gasteiger partial charge is 0.519 e. The number of fused-ring (bicyclic) bond motifs is 5. The molecule has 7 aliphatic heterocycles. The molecule has 4 saturated heterocycles. The van der Waals surface area contributed by atoms with Crippen LogP contribution in [0.25, 0.3) is 16.3 Å². The minimum atomic E-state index is -1.01. The summed E-state index contributed by atoms with van der Waals surface area (Å²) in [5.74, 6) is -1.85. The Morgan fingerprint density at radius 3 is 2.75 bits per heavy atom. The number of benzene rings is 2. The van der Waals surface area contributed by atoms with Crippen LogP contribution in [0.3, 0.4) is 0 Å². The summed E-state index contributed by atoms with van der Waals surface area (Å²) >= 11 is 0. The van der Waals surface area contributed by atoms with Crippen LogP contribution in [0.4, 0.5) is 17.6 Å². The zero-order valence-electron chi connectivity index (χ0n) is 31.3. The van der Waals surface area contributed by atoms with Gasteiger partial charge in [0.25, 0.3) is 0 Å². The van der Waals surface area contributed by atoms with E-state index in [0.29, 0.717) is 60.5 Å². The standard InChI is InChI=1S/C42H43F4N5O5/c1-3-26-29(44)9-8-23-14-25(52)15-28(36(23)26)37-30(45)16-35(54-20-42-12-5-13-48(42)18-24(43)17-42)51-33(39(37)46)7-4-6-27-31-10-11-32-38(27)40(51)47-21-50(32)49(31)19-34-22(2)55-41(53)56-34/h8-9,14-16,24,27,31,52H,3-7,10-13,17-21H2,1-2H3/t24-,27+,31+,42+/m1/s1. The average Bonchev–Trinajstić information content (AvgIpc) is 3.78. The molecule has 4 bridgehead atoms. The van der Waals surface area contributed by atoms with E-state index in [1.54, 1.807) is 18.7 Å². The normalized spacial score (nSPS) is 27.8. The lowest BCUT2D eigenvalue weighted by atomic mass is 9.73. The van der Waals surface area contributed by atoms with E-state index >= 15 is 13.2 Å². The van der Waals surface area contributed by atoms with Gasteiger partial charge in [-0.15, -0.1) is 0 Å². The van der Waals surface area contributed by atoms with Crippen LogP contribution in [0.15, 0.2) is 83.5 Å². The summed E-state index contributed by atoms with van der Waals surface area (Å²) < 4.78 is 82.6. The summed E-state index contributed by atoms with van der Waals surface area (Å²) in [5, 5.41) is 16.0. The second kappa shape index (κ2) is 13.1. The number of hydrogen-bond donors (Lipinski definition) is 1. The molecule has 10 nitrogen and oxygen atoms in total. The number of phenolic OH excluding ortho intramolecular Hbond substituents is 1. The number of alkyl halides is 1. The Balaban J connectivity index is 1.13. The molecule has 2 aromatic carbocycles. The molecule has 56 heavy (non-hydrogen) atoms. The number of hydrogen-bond acceptors (Lipinski definition) is 10. The molecule has 0 radical (unpaired) electrons. The molecule has 3 aromatic rings. The topological polar surface area (TPSA) is 98.1 Å². The van der Waals surface area contributed by atoms with E-state index in [4.69, 9.17) is 18.6 Å². The van der Waals surface area contributed by atoms with Gasteiger partial charge in [0.15, 0.2) is 11.6 Å². The van der Waals surface area contributed by atoms with Gasteiger partial charge in [0, 0.05) is 42.3 Å². The molecule has 4 fully saturated rings. The summed E-state index contributed by atoms with van der Waals surface area (Å²) in [5.41, 5.74) is 1.49. The number of rotatable bonds is 7. The molecule has 0 saturated carbocycles. The van der Waals surface area contributed by atoms with Gasteiger partial charge in [0.05, 0.1) is 23.4 Å². The Hall–Kier alpha value is -4.82. The highest BCUT2D eigenvalue weighted by atomic mass is 19.1. The molecule has 0 spiro atoms. The fourth-order valence-electron chi connectivity index (χ4n) is 10.8. The number of ether oxygens (including phenoxy) is 1. The van der Waals surface area contributed by atoms with Crippen LogP contribution in [-0.4, -0.2) is 74.9 Å². The van der Waals surface area contributed by atoms with Crippen molar-refractivity contribution >= 4 is 22.2 Å². The van der Waals surface area contributed by atoms with Gasteiger partial charge in [-0.1, -0.05) is 13.0 Å². The molecular weight excluding hydrogens is 730 g/mol. The van der Waals surface area contributed by atoms with Crippen molar-refractivity contribution < 1.29 is 36.2 Å². The van der Waals surface area contributed by atoms with E-state index in [9.17, 15) is 14.3 Å². The molecule has 14 heteroatoms.